The third-order valence-electron chi connectivity index (χ3n) is 24.1. The maximum atomic E-state index is 6.20. The summed E-state index contributed by atoms with van der Waals surface area (Å²) in [5, 5.41) is 6.94. The standard InChI is InChI=1S/C27H37N5O2S2.C26H36N6O2S2.C26H35N5O2S2.C25H33N5O2S2/c1-5-9-23-25(19(3)35-27-29-18(2)16-24(28)30-27)31-26(36-23)20-10-11-21(33-4)22(17-20)34-15-14-32-12-7-6-8-13-32;1-4-8-21-24(17(2)35-26-29-22(27)16-23(28)30-26)31-25(36-21)18-9-10-19(33-3)20(15-18)34-14-13-32-11-6-5-7-12-32;1-5-8-22-24(18(3)34-26-28-17(2)15-23(27)29-26)30-25(35-22)19-9-10-20(32-4)21(16-19)33-14-13-31-11-6-7-12-31;1-5-7-21-23(17(3)33-25-27-16(2)14-22(26)28-25)29-24(34-21)18-8-9-19(31-4)20(15-18)32-13-12-30-10-6-11-30/h10-11,16-17,19H,5-9,12-15H2,1-4H3,(H2,28,29,30);9-10,15-17H,4-8,11-14H2,1-3H3,(H4,27,28,29,30);9-10,15-16,18H,5-8,11-14H2,1-4H3,(H2,27,28,29);8-9,14-15,17H,5-7,10-13H2,1-4H3,(H2,26,27,28)/t19-;17-;18-;17-/m1111/s1. The van der Waals surface area contributed by atoms with Gasteiger partial charge in [0.05, 0.1) is 72.2 Å². The first-order valence-corrected chi connectivity index (χ1v) is 56.2. The molecular weight excluding hydrogens is 1930 g/mol. The lowest BCUT2D eigenvalue weighted by Gasteiger charge is -2.30. The van der Waals surface area contributed by atoms with Crippen molar-refractivity contribution < 1.29 is 37.9 Å². The molecule has 0 saturated carbocycles. The molecule has 4 atom stereocenters. The molecule has 0 unspecified atom stereocenters. The molecule has 10 N–H and O–H groups in total. The molecule has 29 nitrogen and oxygen atoms in total. The fourth-order valence-corrected chi connectivity index (χ4v) is 26.1. The second-order valence-electron chi connectivity index (χ2n) is 35.4. The van der Waals surface area contributed by atoms with E-state index in [1.165, 1.54) is 128 Å². The maximum Gasteiger partial charge on any atom is 0.192 e. The first kappa shape index (κ1) is 109. The summed E-state index contributed by atoms with van der Waals surface area (Å²) in [6, 6.07) is 31.3. The Labute approximate surface area is 865 Å². The van der Waals surface area contributed by atoms with Crippen LogP contribution >= 0.6 is 92.4 Å². The van der Waals surface area contributed by atoms with Crippen LogP contribution in [0, 0.1) is 20.8 Å². The molecule has 16 rings (SSSR count). The molecule has 12 aromatic rings. The summed E-state index contributed by atoms with van der Waals surface area (Å²) in [4.78, 5) is 70.8. The number of aromatic nitrogens is 12. The number of likely N-dealkylation sites (tertiary alicyclic amines) is 4. The van der Waals surface area contributed by atoms with Crippen molar-refractivity contribution >= 4 is 121 Å². The van der Waals surface area contributed by atoms with E-state index in [1.807, 2.05) is 57.2 Å². The minimum atomic E-state index is 0.0521. The van der Waals surface area contributed by atoms with Crippen LogP contribution in [-0.4, -0.2) is 213 Å². The molecule has 141 heavy (non-hydrogen) atoms. The van der Waals surface area contributed by atoms with E-state index < -0.39 is 0 Å². The number of rotatable bonds is 44. The lowest BCUT2D eigenvalue weighted by atomic mass is 10.1. The van der Waals surface area contributed by atoms with E-state index >= 15 is 0 Å². The van der Waals surface area contributed by atoms with Crippen LogP contribution in [0.1, 0.15) is 219 Å². The largest absolute Gasteiger partial charge is 0.493 e. The normalized spacial score (nSPS) is 14.9. The number of ether oxygens (including phenoxy) is 8. The van der Waals surface area contributed by atoms with Crippen LogP contribution in [0.4, 0.5) is 29.1 Å². The van der Waals surface area contributed by atoms with E-state index in [9.17, 15) is 0 Å². The van der Waals surface area contributed by atoms with Crippen molar-refractivity contribution in [3.63, 3.8) is 0 Å². The van der Waals surface area contributed by atoms with Gasteiger partial charge in [0.25, 0.3) is 0 Å². The molecule has 8 aromatic heterocycles. The highest BCUT2D eigenvalue weighted by Gasteiger charge is 2.29. The topological polar surface area (TPSA) is 372 Å². The van der Waals surface area contributed by atoms with Gasteiger partial charge in [0, 0.05) is 109 Å². The molecule has 4 aromatic carbocycles. The van der Waals surface area contributed by atoms with E-state index in [2.05, 4.69) is 151 Å². The van der Waals surface area contributed by atoms with Crippen LogP contribution in [0.15, 0.2) is 118 Å². The molecule has 758 valence electrons. The summed E-state index contributed by atoms with van der Waals surface area (Å²) < 4.78 is 46.9. The number of aryl methyl sites for hydroxylation is 7. The van der Waals surface area contributed by atoms with Crippen molar-refractivity contribution in [1.29, 1.82) is 0 Å². The second-order valence-corrected chi connectivity index (χ2v) is 45.0. The van der Waals surface area contributed by atoms with Crippen LogP contribution in [0.3, 0.4) is 0 Å². The predicted octanol–water partition coefficient (Wildman–Crippen LogP) is 22.8. The number of nitrogens with zero attached hydrogens (tertiary/aromatic N) is 16. The van der Waals surface area contributed by atoms with Crippen molar-refractivity contribution in [2.24, 2.45) is 0 Å². The van der Waals surface area contributed by atoms with Gasteiger partial charge in [-0.1, -0.05) is 113 Å². The lowest BCUT2D eigenvalue weighted by Crippen LogP contribution is -2.39. The number of thiazole rings is 4. The SMILES string of the molecule is CCCc1sc(-c2ccc(OC)c(OCCN3CCC3)c2)nc1[C@@H](C)Sc1nc(C)cc(N)n1.CCCc1sc(-c2ccc(OC)c(OCCN3CCCC3)c2)nc1[C@@H](C)Sc1nc(C)cc(N)n1.CCCc1sc(-c2ccc(OC)c(OCCN3CCCCC3)c2)nc1[C@@H](C)Sc1nc(C)cc(N)n1.CCCc1sc(-c2ccc(OC)c(OCCN3CCCCC3)c2)nc1[C@@H](C)Sc1nc(N)cc(N)n1. The third kappa shape index (κ3) is 31.9. The number of methoxy groups -OCH3 is 4. The molecule has 4 fully saturated rings. The Morgan fingerprint density at radius 2 is 0.504 bits per heavy atom. The van der Waals surface area contributed by atoms with E-state index in [-0.39, 0.29) is 21.0 Å². The van der Waals surface area contributed by atoms with Crippen molar-refractivity contribution in [3.05, 3.63) is 156 Å². The summed E-state index contributed by atoms with van der Waals surface area (Å²) in [5.74, 6) is 8.27. The quantitative estimate of drug-likeness (QED) is 0.0175. The molecule has 0 amide bonds. The molecule has 12 heterocycles. The summed E-state index contributed by atoms with van der Waals surface area (Å²) in [5.41, 5.74) is 40.6. The summed E-state index contributed by atoms with van der Waals surface area (Å²) >= 11 is 13.3. The second kappa shape index (κ2) is 54.9. The van der Waals surface area contributed by atoms with Gasteiger partial charge >= 0.3 is 0 Å². The molecule has 4 saturated heterocycles. The zero-order valence-corrected chi connectivity index (χ0v) is 91.0. The fraction of sp³-hybridized carbons (Fsp3) is 0.500. The van der Waals surface area contributed by atoms with E-state index in [1.54, 1.807) is 133 Å². The number of anilines is 5. The first-order chi connectivity index (χ1) is 68.3. The Bertz CT molecular complexity index is 5710. The van der Waals surface area contributed by atoms with Crippen LogP contribution < -0.4 is 66.6 Å². The first-order valence-electron chi connectivity index (χ1n) is 49.4. The number of hydrogen-bond donors (Lipinski definition) is 5. The van der Waals surface area contributed by atoms with Crippen molar-refractivity contribution in [1.82, 2.24) is 79.4 Å². The highest BCUT2D eigenvalue weighted by atomic mass is 32.2. The fourth-order valence-electron chi connectivity index (χ4n) is 16.9. The van der Waals surface area contributed by atoms with Crippen LogP contribution in [0.25, 0.3) is 42.3 Å². The monoisotopic (exact) mass is 2070 g/mol. The van der Waals surface area contributed by atoms with Gasteiger partial charge in [-0.05, 0) is 244 Å². The zero-order chi connectivity index (χ0) is 99.9. The van der Waals surface area contributed by atoms with Crippen LogP contribution in [0.5, 0.6) is 46.0 Å². The zero-order valence-electron chi connectivity index (χ0n) is 84.5. The lowest BCUT2D eigenvalue weighted by molar-refractivity contribution is 0.145. The average Bonchev–Trinajstić information content (AvgIpc) is 1.68. The summed E-state index contributed by atoms with van der Waals surface area (Å²) in [6.45, 7) is 38.8. The Kier molecular flexibility index (Phi) is 42.3. The number of nitrogen functional groups attached to an aromatic ring is 5. The smallest absolute Gasteiger partial charge is 0.192 e. The van der Waals surface area contributed by atoms with Crippen LogP contribution in [0.2, 0.25) is 0 Å². The molecule has 37 heteroatoms. The van der Waals surface area contributed by atoms with E-state index in [0.29, 0.717) is 76.1 Å². The molecule has 4 aliphatic heterocycles. The summed E-state index contributed by atoms with van der Waals surface area (Å²) in [7, 11) is 6.73. The summed E-state index contributed by atoms with van der Waals surface area (Å²) in [6.07, 6.45) is 19.8. The Morgan fingerprint density at radius 3 is 0.716 bits per heavy atom. The third-order valence-corrected chi connectivity index (χ3v) is 32.7. The Hall–Kier alpha value is -9.64. The van der Waals surface area contributed by atoms with Gasteiger partial charge in [-0.25, -0.2) is 59.8 Å². The number of hydrogen-bond acceptors (Lipinski definition) is 37. The molecule has 4 aliphatic rings. The van der Waals surface area contributed by atoms with Gasteiger partial charge in [-0.3, -0.25) is 19.6 Å². The van der Waals surface area contributed by atoms with Crippen LogP contribution in [-0.2, 0) is 25.7 Å². The van der Waals surface area contributed by atoms with E-state index in [4.69, 9.17) is 86.5 Å². The van der Waals surface area contributed by atoms with Gasteiger partial charge < -0.3 is 66.6 Å². The number of thioether (sulfide) groups is 4. The van der Waals surface area contributed by atoms with Crippen molar-refractivity contribution in [3.8, 4) is 88.3 Å². The molecular formula is C104H141N21O8S8. The minimum Gasteiger partial charge on any atom is -0.493 e. The van der Waals surface area contributed by atoms with Crippen molar-refractivity contribution in [2.45, 2.75) is 227 Å². The van der Waals surface area contributed by atoms with Crippen molar-refractivity contribution in [2.75, 3.05) is 162 Å². The number of benzene rings is 4. The van der Waals surface area contributed by atoms with Gasteiger partial charge in [0.15, 0.2) is 66.6 Å². The Balaban J connectivity index is 0.000000158. The Morgan fingerprint density at radius 1 is 0.284 bits per heavy atom. The highest BCUT2D eigenvalue weighted by molar-refractivity contribution is 8.00. The highest BCUT2D eigenvalue weighted by Crippen LogP contribution is 2.48. The van der Waals surface area contributed by atoms with Gasteiger partial charge in [0.1, 0.15) is 75.5 Å². The van der Waals surface area contributed by atoms with Gasteiger partial charge in [0.2, 0.25) is 0 Å². The molecule has 0 bridgehead atoms. The van der Waals surface area contributed by atoms with Gasteiger partial charge in [-0.2, -0.15) is 0 Å². The molecule has 0 spiro atoms. The maximum absolute atomic E-state index is 6.20. The number of nitrogens with two attached hydrogens (primary N) is 5. The molecule has 0 aliphatic carbocycles. The van der Waals surface area contributed by atoms with Gasteiger partial charge in [-0.15, -0.1) is 45.3 Å². The minimum absolute atomic E-state index is 0.0521. The molecule has 0 radical (unpaired) electrons. The van der Waals surface area contributed by atoms with E-state index in [0.717, 1.165) is 219 Å². The average molecular weight is 2070 g/mol. The number of piperidine rings is 2. The predicted molar refractivity (Wildman–Crippen MR) is 583 cm³/mol.